The lowest BCUT2D eigenvalue weighted by Gasteiger charge is -2.03. The standard InChI is InChI=1S/C21H20O6/c1-26-20-11-14(5-9-18(20)24)3-7-16(22)13-17(23)8-4-15-6-10-19(25)21(12-15)27-2/h3-12,24-25H,13H2,1-2H3/b7-3+,8-4+/i1D3,2D3,7D,8D. The van der Waals surface area contributed by atoms with Crippen LogP contribution in [0.15, 0.2) is 48.5 Å². The van der Waals surface area contributed by atoms with E-state index in [1.807, 2.05) is 0 Å². The van der Waals surface area contributed by atoms with Crippen molar-refractivity contribution in [3.05, 3.63) is 59.6 Å². The Labute approximate surface area is 168 Å². The monoisotopic (exact) mass is 376 g/mol. The zero-order valence-corrected chi connectivity index (χ0v) is 13.9. The van der Waals surface area contributed by atoms with E-state index >= 15 is 0 Å². The van der Waals surface area contributed by atoms with Crippen LogP contribution >= 0.6 is 0 Å². The summed E-state index contributed by atoms with van der Waals surface area (Å²) in [6.45, 7) is 0. The van der Waals surface area contributed by atoms with Gasteiger partial charge in [-0.2, -0.15) is 0 Å². The van der Waals surface area contributed by atoms with Crippen molar-refractivity contribution in [3.8, 4) is 23.0 Å². The summed E-state index contributed by atoms with van der Waals surface area (Å²) in [7, 11) is -5.67. The molecular weight excluding hydrogens is 348 g/mol. The van der Waals surface area contributed by atoms with E-state index in [2.05, 4.69) is 9.47 Å². The minimum atomic E-state index is -2.83. The molecule has 0 unspecified atom stereocenters. The van der Waals surface area contributed by atoms with E-state index in [0.717, 1.165) is 36.4 Å². The number of benzene rings is 2. The van der Waals surface area contributed by atoms with E-state index in [1.54, 1.807) is 0 Å². The molecule has 27 heavy (non-hydrogen) atoms. The van der Waals surface area contributed by atoms with Gasteiger partial charge in [0.05, 0.1) is 31.5 Å². The number of ether oxygens (including phenoxy) is 2. The largest absolute Gasteiger partial charge is 0.504 e. The van der Waals surface area contributed by atoms with Crippen LogP contribution < -0.4 is 9.47 Å². The zero-order chi connectivity index (χ0) is 26.6. The van der Waals surface area contributed by atoms with Crippen molar-refractivity contribution in [2.75, 3.05) is 14.1 Å². The van der Waals surface area contributed by atoms with Gasteiger partial charge in [-0.05, 0) is 47.5 Å². The molecule has 6 nitrogen and oxygen atoms in total. The van der Waals surface area contributed by atoms with Crippen LogP contribution in [0.5, 0.6) is 23.0 Å². The molecule has 0 aromatic heterocycles. The molecule has 0 atom stereocenters. The molecular formula is C21H20O6. The molecule has 0 saturated heterocycles. The summed E-state index contributed by atoms with van der Waals surface area (Å²) >= 11 is 0. The van der Waals surface area contributed by atoms with Gasteiger partial charge in [-0.25, -0.2) is 0 Å². The van der Waals surface area contributed by atoms with Gasteiger partial charge in [0, 0.05) is 0 Å². The molecule has 0 amide bonds. The van der Waals surface area contributed by atoms with Gasteiger partial charge in [-0.3, -0.25) is 9.59 Å². The van der Waals surface area contributed by atoms with Gasteiger partial charge in [0.1, 0.15) is 0 Å². The molecule has 0 spiro atoms. The molecule has 0 saturated carbocycles. The number of allylic oxidation sites excluding steroid dienone is 2. The normalized spacial score (nSPS) is 17.0. The van der Waals surface area contributed by atoms with Gasteiger partial charge in [-0.15, -0.1) is 0 Å². The van der Waals surface area contributed by atoms with Crippen molar-refractivity contribution < 1.29 is 40.2 Å². The predicted octanol–water partition coefficient (Wildman–Crippen LogP) is 3.37. The molecule has 0 fully saturated rings. The minimum absolute atomic E-state index is 0.153. The highest BCUT2D eigenvalue weighted by Gasteiger charge is 2.06. The van der Waals surface area contributed by atoms with Gasteiger partial charge >= 0.3 is 0 Å². The van der Waals surface area contributed by atoms with Crippen LogP contribution in [0.25, 0.3) is 12.2 Å². The highest BCUT2D eigenvalue weighted by Crippen LogP contribution is 2.27. The third-order valence-corrected chi connectivity index (χ3v) is 3.31. The lowest BCUT2D eigenvalue weighted by atomic mass is 10.1. The Morgan fingerprint density at radius 1 is 0.926 bits per heavy atom. The maximum atomic E-state index is 12.3. The number of carbonyl (C=O) groups excluding carboxylic acids is 2. The maximum absolute atomic E-state index is 12.3. The highest BCUT2D eigenvalue weighted by molar-refractivity contribution is 6.10. The first-order valence-corrected chi connectivity index (χ1v) is 7.51. The second kappa shape index (κ2) is 9.24. The Morgan fingerprint density at radius 2 is 1.37 bits per heavy atom. The average molecular weight is 376 g/mol. The first-order chi connectivity index (χ1) is 16.0. The first kappa shape index (κ1) is 11.2. The van der Waals surface area contributed by atoms with Crippen LogP contribution in [0.3, 0.4) is 0 Å². The van der Waals surface area contributed by atoms with Crippen molar-refractivity contribution in [3.63, 3.8) is 0 Å². The molecule has 0 bridgehead atoms. The van der Waals surface area contributed by atoms with E-state index in [1.165, 1.54) is 12.1 Å². The summed E-state index contributed by atoms with van der Waals surface area (Å²) in [6, 6.07) is 5.79. The van der Waals surface area contributed by atoms with Gasteiger partial charge < -0.3 is 19.7 Å². The molecule has 2 rings (SSSR count). The Balaban J connectivity index is 2.15. The quantitative estimate of drug-likeness (QED) is 0.542. The molecule has 2 aromatic carbocycles. The molecule has 2 N–H and O–H groups in total. The topological polar surface area (TPSA) is 93.1 Å². The SMILES string of the molecule is [2H]/C(=C\c1ccc(O)c(OC([2H])([2H])[2H])c1)C(=O)CC(=O)/C([2H])=C/c1ccc(O)c(OC([2H])([2H])[2H])c1. The van der Waals surface area contributed by atoms with Gasteiger partial charge in [0.15, 0.2) is 34.6 Å². The fourth-order valence-corrected chi connectivity index (χ4v) is 1.98. The van der Waals surface area contributed by atoms with Crippen molar-refractivity contribution in [1.29, 1.82) is 0 Å². The van der Waals surface area contributed by atoms with Crippen molar-refractivity contribution in [2.45, 2.75) is 6.42 Å². The summed E-state index contributed by atoms with van der Waals surface area (Å²) in [4.78, 5) is 24.6. The number of carbonyl (C=O) groups is 2. The number of phenolic OH excluding ortho intramolecular Hbond substituents is 2. The molecule has 0 aliphatic rings. The van der Waals surface area contributed by atoms with Gasteiger partial charge in [0.25, 0.3) is 0 Å². The second-order valence-corrected chi connectivity index (χ2v) is 5.26. The highest BCUT2D eigenvalue weighted by atomic mass is 16.5. The number of aromatic hydroxyl groups is 2. The lowest BCUT2D eigenvalue weighted by molar-refractivity contribution is -0.121. The van der Waals surface area contributed by atoms with Crippen LogP contribution in [0.1, 0.15) is 28.5 Å². The number of ketones is 2. The van der Waals surface area contributed by atoms with Crippen molar-refractivity contribution in [1.82, 2.24) is 0 Å². The number of methoxy groups -OCH3 is 2. The average Bonchev–Trinajstić information content (AvgIpc) is 2.70. The first-order valence-electron chi connectivity index (χ1n) is 11.5. The van der Waals surface area contributed by atoms with E-state index in [-0.39, 0.29) is 22.6 Å². The van der Waals surface area contributed by atoms with E-state index < -0.39 is 55.7 Å². The minimum Gasteiger partial charge on any atom is -0.504 e. The summed E-state index contributed by atoms with van der Waals surface area (Å²) in [5, 5.41) is 19.4. The summed E-state index contributed by atoms with van der Waals surface area (Å²) in [5.74, 6) is -3.56. The summed E-state index contributed by atoms with van der Waals surface area (Å²) < 4.78 is 67.6. The van der Waals surface area contributed by atoms with Gasteiger partial charge in [0.2, 0.25) is 0 Å². The van der Waals surface area contributed by atoms with Crippen molar-refractivity contribution >= 4 is 23.7 Å². The smallest absolute Gasteiger partial charge is 0.163 e. The van der Waals surface area contributed by atoms with Crippen LogP contribution in [0.2, 0.25) is 0 Å². The third-order valence-electron chi connectivity index (χ3n) is 3.31. The Hall–Kier alpha value is -3.54. The Bertz CT molecular complexity index is 1090. The molecule has 0 radical (unpaired) electrons. The predicted molar refractivity (Wildman–Crippen MR) is 102 cm³/mol. The van der Waals surface area contributed by atoms with Gasteiger partial charge in [-0.1, -0.05) is 24.3 Å². The fourth-order valence-electron chi connectivity index (χ4n) is 1.98. The van der Waals surface area contributed by atoms with Crippen LogP contribution in [0.4, 0.5) is 0 Å². The number of hydrogen-bond acceptors (Lipinski definition) is 6. The second-order valence-electron chi connectivity index (χ2n) is 5.26. The molecule has 2 aromatic rings. The number of phenols is 2. The van der Waals surface area contributed by atoms with Crippen LogP contribution in [-0.4, -0.2) is 35.9 Å². The lowest BCUT2D eigenvalue weighted by Crippen LogP contribution is -2.01. The summed E-state index contributed by atoms with van der Waals surface area (Å²) in [5.41, 5.74) is 0.306. The van der Waals surface area contributed by atoms with Crippen LogP contribution in [0, 0.1) is 0 Å². The number of rotatable bonds is 8. The molecule has 0 aliphatic heterocycles. The van der Waals surface area contributed by atoms with Crippen LogP contribution in [-0.2, 0) is 9.59 Å². The Kier molecular flexibility index (Phi) is 3.84. The zero-order valence-electron chi connectivity index (χ0n) is 21.9. The van der Waals surface area contributed by atoms with Crippen molar-refractivity contribution in [2.24, 2.45) is 0 Å². The molecule has 0 heterocycles. The molecule has 6 heteroatoms. The maximum Gasteiger partial charge on any atom is 0.163 e. The Morgan fingerprint density at radius 3 is 1.78 bits per heavy atom. The number of hydrogen-bond donors (Lipinski definition) is 2. The summed E-state index contributed by atoms with van der Waals surface area (Å²) in [6.07, 6.45) is 1.25. The van der Waals surface area contributed by atoms with E-state index in [9.17, 15) is 19.8 Å². The van der Waals surface area contributed by atoms with E-state index in [4.69, 9.17) is 11.0 Å². The molecule has 140 valence electrons. The van der Waals surface area contributed by atoms with E-state index in [0.29, 0.717) is 0 Å². The fraction of sp³-hybridized carbons (Fsp3) is 0.143. The third kappa shape index (κ3) is 5.74. The molecule has 0 aliphatic carbocycles.